The smallest absolute Gasteiger partial charge is 0.328 e. The number of urea groups is 1. The molecule has 2 aromatic heterocycles. The van der Waals surface area contributed by atoms with Gasteiger partial charge in [0.1, 0.15) is 17.9 Å². The minimum absolute atomic E-state index is 0.0585. The van der Waals surface area contributed by atoms with E-state index in [1.165, 1.54) is 0 Å². The summed E-state index contributed by atoms with van der Waals surface area (Å²) in [5, 5.41) is 24.8. The molecule has 2 N–H and O–H groups in total. The van der Waals surface area contributed by atoms with Crippen molar-refractivity contribution in [1.82, 2.24) is 35.2 Å². The summed E-state index contributed by atoms with van der Waals surface area (Å²) >= 11 is 6.25. The first-order valence-corrected chi connectivity index (χ1v) is 22.0. The second-order valence-electron chi connectivity index (χ2n) is 18.6. The summed E-state index contributed by atoms with van der Waals surface area (Å²) in [6.07, 6.45) is 3.97. The molecule has 3 aliphatic heterocycles. The minimum atomic E-state index is -0.469. The highest BCUT2D eigenvalue weighted by Crippen LogP contribution is 2.55. The van der Waals surface area contributed by atoms with Gasteiger partial charge >= 0.3 is 6.03 Å². The van der Waals surface area contributed by atoms with Crippen LogP contribution in [0.4, 0.5) is 16.3 Å². The number of halogens is 1. The molecule has 5 amide bonds. The van der Waals surface area contributed by atoms with Crippen LogP contribution < -0.4 is 25.2 Å². The van der Waals surface area contributed by atoms with Gasteiger partial charge in [0.15, 0.2) is 11.5 Å². The van der Waals surface area contributed by atoms with Crippen molar-refractivity contribution in [2.45, 2.75) is 79.0 Å². The first kappa shape index (κ1) is 42.9. The number of amides is 5. The number of piperazine rings is 1. The zero-order valence-corrected chi connectivity index (χ0v) is 37.0. The van der Waals surface area contributed by atoms with Gasteiger partial charge < -0.3 is 24.4 Å². The van der Waals surface area contributed by atoms with Gasteiger partial charge in [0.05, 0.1) is 21.8 Å². The van der Waals surface area contributed by atoms with E-state index in [-0.39, 0.29) is 54.6 Å². The molecule has 4 fully saturated rings. The Kier molecular flexibility index (Phi) is 11.7. The molecule has 2 aromatic carbocycles. The average molecular weight is 863 g/mol. The number of nitrogens with one attached hydrogen (secondary N) is 2. The average Bonchev–Trinajstić information content (AvgIpc) is 3.69. The molecule has 4 aromatic rings. The number of nitriles is 1. The number of piperidine rings is 1. The van der Waals surface area contributed by atoms with Crippen molar-refractivity contribution in [3.8, 4) is 11.8 Å². The Bertz CT molecular complexity index is 2410. The van der Waals surface area contributed by atoms with E-state index < -0.39 is 16.9 Å². The minimum Gasteiger partial charge on any atom is -0.489 e. The zero-order valence-electron chi connectivity index (χ0n) is 36.3. The number of carbonyl (C=O) groups is 4. The summed E-state index contributed by atoms with van der Waals surface area (Å²) in [6, 6.07) is 15.9. The predicted octanol–water partition coefficient (Wildman–Crippen LogP) is 6.27. The molecule has 326 valence electrons. The topological polar surface area (TPSA) is 169 Å². The van der Waals surface area contributed by atoms with Crippen LogP contribution in [0.2, 0.25) is 5.02 Å². The third-order valence-electron chi connectivity index (χ3n) is 13.4. The summed E-state index contributed by atoms with van der Waals surface area (Å²) in [4.78, 5) is 60.4. The van der Waals surface area contributed by atoms with Gasteiger partial charge in [-0.2, -0.15) is 5.26 Å². The molecule has 8 rings (SSSR count). The number of imide groups is 1. The number of nitrogens with zero attached hydrogens (tertiary/aromatic N) is 8. The van der Waals surface area contributed by atoms with Crippen LogP contribution in [-0.4, -0.2) is 113 Å². The molecular weight excluding hydrogens is 808 g/mol. The molecule has 4 aliphatic rings. The predicted molar refractivity (Wildman–Crippen MR) is 237 cm³/mol. The lowest BCUT2D eigenvalue weighted by atomic mass is 9.49. The first-order chi connectivity index (χ1) is 29.5. The van der Waals surface area contributed by atoms with Crippen LogP contribution in [0.25, 0.3) is 10.9 Å². The Morgan fingerprint density at radius 2 is 1.68 bits per heavy atom. The van der Waals surface area contributed by atoms with Crippen LogP contribution in [0.1, 0.15) is 93.3 Å². The van der Waals surface area contributed by atoms with E-state index in [1.807, 2.05) is 29.3 Å². The van der Waals surface area contributed by atoms with Gasteiger partial charge in [-0.25, -0.2) is 4.79 Å². The third kappa shape index (κ3) is 8.18. The molecular formula is C46H55ClN10O5. The van der Waals surface area contributed by atoms with E-state index >= 15 is 0 Å². The Labute approximate surface area is 367 Å². The van der Waals surface area contributed by atoms with Gasteiger partial charge in [-0.15, -0.1) is 10.2 Å². The fraction of sp³-hybridized carbons (Fsp3) is 0.500. The third-order valence-corrected chi connectivity index (χ3v) is 13.7. The van der Waals surface area contributed by atoms with Gasteiger partial charge in [-0.1, -0.05) is 39.3 Å². The largest absolute Gasteiger partial charge is 0.489 e. The van der Waals surface area contributed by atoms with Crippen LogP contribution in [0.3, 0.4) is 0 Å². The standard InChI is InChI=1S/C46H55ClN10O5/c1-28(2)56-17-13-33-36(56)23-31(24-37(33)57-18-14-39(58)49-44(57)61)41(60)55-21-19-53(20-22-55)27-29-11-15-54(16-12-29)38-10-9-35(51-52-38)40(59)50-42-45(3,4)43(46(42,5)6)62-32-8-7-30(26-48)34(47)25-32/h7-10,13,17,23-25,28-29,42-43H,11-12,14-16,18-22,27H2,1-6H3,(H,50,59)(H,49,58,61). The summed E-state index contributed by atoms with van der Waals surface area (Å²) in [5.41, 5.74) is 1.91. The van der Waals surface area contributed by atoms with Crippen LogP contribution in [-0.2, 0) is 4.79 Å². The highest BCUT2D eigenvalue weighted by Gasteiger charge is 2.64. The number of ether oxygens (including phenoxy) is 1. The van der Waals surface area contributed by atoms with Crippen molar-refractivity contribution >= 4 is 57.8 Å². The van der Waals surface area contributed by atoms with E-state index in [2.05, 4.69) is 82.8 Å². The van der Waals surface area contributed by atoms with Gasteiger partial charge in [-0.05, 0) is 75.1 Å². The quantitative estimate of drug-likeness (QED) is 0.185. The highest BCUT2D eigenvalue weighted by molar-refractivity contribution is 6.31. The molecule has 5 heterocycles. The number of aromatic nitrogens is 3. The van der Waals surface area contributed by atoms with Crippen molar-refractivity contribution in [2.75, 3.05) is 62.2 Å². The molecule has 62 heavy (non-hydrogen) atoms. The Morgan fingerprint density at radius 3 is 2.31 bits per heavy atom. The van der Waals surface area contributed by atoms with Crippen molar-refractivity contribution < 1.29 is 23.9 Å². The number of anilines is 2. The molecule has 0 bridgehead atoms. The molecule has 0 radical (unpaired) electrons. The fourth-order valence-electron chi connectivity index (χ4n) is 10.3. The monoisotopic (exact) mass is 862 g/mol. The Balaban J connectivity index is 0.816. The van der Waals surface area contributed by atoms with Crippen molar-refractivity contribution in [1.29, 1.82) is 5.26 Å². The number of carbonyl (C=O) groups excluding carboxylic acids is 4. The van der Waals surface area contributed by atoms with Crippen molar-refractivity contribution in [3.63, 3.8) is 0 Å². The van der Waals surface area contributed by atoms with Gasteiger partial charge in [-0.3, -0.25) is 29.5 Å². The Hall–Kier alpha value is -5.72. The maximum Gasteiger partial charge on any atom is 0.328 e. The molecule has 3 saturated heterocycles. The lowest BCUT2D eigenvalue weighted by Crippen LogP contribution is -2.74. The summed E-state index contributed by atoms with van der Waals surface area (Å²) in [6.45, 7) is 18.1. The van der Waals surface area contributed by atoms with E-state index in [1.54, 1.807) is 35.2 Å². The van der Waals surface area contributed by atoms with Crippen molar-refractivity contribution in [2.24, 2.45) is 16.7 Å². The van der Waals surface area contributed by atoms with Crippen LogP contribution in [0.15, 0.2) is 54.7 Å². The summed E-state index contributed by atoms with van der Waals surface area (Å²) < 4.78 is 8.47. The van der Waals surface area contributed by atoms with Crippen LogP contribution in [0, 0.1) is 28.1 Å². The molecule has 0 spiro atoms. The lowest BCUT2D eigenvalue weighted by Gasteiger charge is -2.63. The highest BCUT2D eigenvalue weighted by atomic mass is 35.5. The number of hydrogen-bond acceptors (Lipinski definition) is 10. The van der Waals surface area contributed by atoms with E-state index in [4.69, 9.17) is 16.3 Å². The number of fused-ring (bicyclic) bond motifs is 1. The van der Waals surface area contributed by atoms with E-state index in [0.717, 1.165) is 62.3 Å². The summed E-state index contributed by atoms with van der Waals surface area (Å²) in [7, 11) is 0. The van der Waals surface area contributed by atoms with Gasteiger partial charge in [0.2, 0.25) is 5.91 Å². The number of hydrogen-bond donors (Lipinski definition) is 2. The molecule has 15 nitrogen and oxygen atoms in total. The summed E-state index contributed by atoms with van der Waals surface area (Å²) in [5.74, 6) is 1.20. The molecule has 0 unspecified atom stereocenters. The number of benzene rings is 2. The number of rotatable bonds is 10. The maximum atomic E-state index is 14.0. The van der Waals surface area contributed by atoms with E-state index in [0.29, 0.717) is 46.6 Å². The Morgan fingerprint density at radius 1 is 0.952 bits per heavy atom. The normalized spacial score (nSPS) is 21.7. The van der Waals surface area contributed by atoms with Gasteiger partial charge in [0.25, 0.3) is 11.8 Å². The zero-order chi connectivity index (χ0) is 44.1. The lowest BCUT2D eigenvalue weighted by molar-refractivity contribution is -0.164. The molecule has 1 aliphatic carbocycles. The first-order valence-electron chi connectivity index (χ1n) is 21.6. The van der Waals surface area contributed by atoms with Crippen LogP contribution in [0.5, 0.6) is 5.75 Å². The van der Waals surface area contributed by atoms with Crippen LogP contribution >= 0.6 is 11.6 Å². The molecule has 16 heteroatoms. The van der Waals surface area contributed by atoms with E-state index in [9.17, 15) is 24.4 Å². The maximum absolute atomic E-state index is 14.0. The van der Waals surface area contributed by atoms with Crippen molar-refractivity contribution in [3.05, 3.63) is 76.6 Å². The molecule has 1 saturated carbocycles. The molecule has 0 atom stereocenters. The fourth-order valence-corrected chi connectivity index (χ4v) is 10.5. The SMILES string of the molecule is CC(C)n1ccc2c(N3CCC(=O)NC3=O)cc(C(=O)N3CCN(CC4CCN(c5ccc(C(=O)NC6C(C)(C)C(Oc7ccc(C#N)c(Cl)c7)C6(C)C)nn5)CC4)CC3)cc21. The second kappa shape index (κ2) is 16.9. The van der Waals surface area contributed by atoms with Gasteiger partial charge in [0, 0.05) is 105 Å². The second-order valence-corrected chi connectivity index (χ2v) is 19.0.